The predicted octanol–water partition coefficient (Wildman–Crippen LogP) is 3.19. The first-order valence-corrected chi connectivity index (χ1v) is 11.0. The maximum Gasteiger partial charge on any atom is 0.235 e. The number of carbonyl (C=O) groups is 1. The molecule has 0 saturated heterocycles. The fourth-order valence-electron chi connectivity index (χ4n) is 2.50. The first-order valence-electron chi connectivity index (χ1n) is 10.2. The molecule has 32 heavy (non-hydrogen) atoms. The van der Waals surface area contributed by atoms with Crippen molar-refractivity contribution >= 4 is 41.2 Å². The standard InChI is InChI=1S/C21H27N9OS/c1-5-17(31)25-15-6-8-16(9-7-15)32-21-28-19(23-12-13-30(3)4)27-20(29-21)26-18-22-11-10-14(2)24-18/h6-11H,5,12-13H2,1-4H3,(H,25,31)(H2,22,23,24,26,27,28,29). The maximum atomic E-state index is 11.6. The van der Waals surface area contributed by atoms with Crippen LogP contribution in [0.3, 0.4) is 0 Å². The normalized spacial score (nSPS) is 10.8. The molecule has 0 aliphatic carbocycles. The molecule has 0 saturated carbocycles. The molecule has 1 aromatic carbocycles. The molecule has 1 amide bonds. The molecule has 3 aromatic rings. The Morgan fingerprint density at radius 3 is 2.44 bits per heavy atom. The number of nitrogens with one attached hydrogen (secondary N) is 3. The number of hydrogen-bond acceptors (Lipinski definition) is 10. The van der Waals surface area contributed by atoms with Gasteiger partial charge in [-0.1, -0.05) is 6.92 Å². The fourth-order valence-corrected chi connectivity index (χ4v) is 3.25. The molecule has 0 bridgehead atoms. The SMILES string of the molecule is CCC(=O)Nc1ccc(Sc2nc(NCCN(C)C)nc(Nc3nccc(C)n3)n2)cc1. The molecule has 3 rings (SSSR count). The van der Waals surface area contributed by atoms with E-state index in [4.69, 9.17) is 0 Å². The van der Waals surface area contributed by atoms with Crippen molar-refractivity contribution in [2.45, 2.75) is 30.3 Å². The molecule has 0 aliphatic rings. The number of likely N-dealkylation sites (N-methyl/N-ethyl adjacent to an activating group) is 1. The van der Waals surface area contributed by atoms with Crippen LogP contribution in [-0.4, -0.2) is 62.9 Å². The summed E-state index contributed by atoms with van der Waals surface area (Å²) in [7, 11) is 4.01. The van der Waals surface area contributed by atoms with Crippen molar-refractivity contribution in [1.29, 1.82) is 0 Å². The van der Waals surface area contributed by atoms with Gasteiger partial charge >= 0.3 is 0 Å². The van der Waals surface area contributed by atoms with Gasteiger partial charge in [-0.05, 0) is 63.1 Å². The van der Waals surface area contributed by atoms with E-state index >= 15 is 0 Å². The molecule has 10 nitrogen and oxygen atoms in total. The average molecular weight is 454 g/mol. The van der Waals surface area contributed by atoms with E-state index < -0.39 is 0 Å². The molecule has 0 radical (unpaired) electrons. The van der Waals surface area contributed by atoms with Crippen molar-refractivity contribution in [3.63, 3.8) is 0 Å². The average Bonchev–Trinajstić information content (AvgIpc) is 2.75. The smallest absolute Gasteiger partial charge is 0.235 e. The Morgan fingerprint density at radius 2 is 1.75 bits per heavy atom. The van der Waals surface area contributed by atoms with Gasteiger partial charge in [0.1, 0.15) is 0 Å². The second-order valence-electron chi connectivity index (χ2n) is 7.17. The van der Waals surface area contributed by atoms with Crippen LogP contribution in [0, 0.1) is 6.92 Å². The number of amides is 1. The largest absolute Gasteiger partial charge is 0.353 e. The van der Waals surface area contributed by atoms with Crippen LogP contribution < -0.4 is 16.0 Å². The summed E-state index contributed by atoms with van der Waals surface area (Å²) in [5, 5.41) is 9.64. The monoisotopic (exact) mass is 453 g/mol. The Bertz CT molecular complexity index is 1040. The van der Waals surface area contributed by atoms with Crippen molar-refractivity contribution < 1.29 is 4.79 Å². The van der Waals surface area contributed by atoms with Gasteiger partial charge in [-0.25, -0.2) is 9.97 Å². The number of carbonyl (C=O) groups excluding carboxylic acids is 1. The summed E-state index contributed by atoms with van der Waals surface area (Å²) >= 11 is 1.40. The van der Waals surface area contributed by atoms with Crippen molar-refractivity contribution in [3.05, 3.63) is 42.2 Å². The van der Waals surface area contributed by atoms with Gasteiger partial charge in [-0.15, -0.1) is 0 Å². The lowest BCUT2D eigenvalue weighted by Gasteiger charge is -2.12. The van der Waals surface area contributed by atoms with Gasteiger partial charge in [-0.3, -0.25) is 10.1 Å². The Hall–Kier alpha value is -3.31. The number of hydrogen-bond donors (Lipinski definition) is 3. The molecule has 168 valence electrons. The van der Waals surface area contributed by atoms with Crippen molar-refractivity contribution in [2.75, 3.05) is 43.1 Å². The van der Waals surface area contributed by atoms with Crippen LogP contribution in [0.15, 0.2) is 46.6 Å². The third-order valence-corrected chi connectivity index (χ3v) is 5.02. The van der Waals surface area contributed by atoms with Crippen LogP contribution in [0.1, 0.15) is 19.0 Å². The summed E-state index contributed by atoms with van der Waals surface area (Å²) in [4.78, 5) is 36.6. The second kappa shape index (κ2) is 11.3. The van der Waals surface area contributed by atoms with E-state index in [9.17, 15) is 4.79 Å². The van der Waals surface area contributed by atoms with Gasteiger partial charge in [0.05, 0.1) is 0 Å². The Balaban J connectivity index is 1.78. The number of aromatic nitrogens is 5. The molecular formula is C21H27N9OS. The minimum atomic E-state index is -0.0228. The summed E-state index contributed by atoms with van der Waals surface area (Å²) in [6.45, 7) is 5.23. The first-order chi connectivity index (χ1) is 15.4. The highest BCUT2D eigenvalue weighted by Crippen LogP contribution is 2.27. The molecule has 11 heteroatoms. The van der Waals surface area contributed by atoms with Crippen LogP contribution in [-0.2, 0) is 4.79 Å². The molecule has 2 aromatic heterocycles. The van der Waals surface area contributed by atoms with Gasteiger partial charge in [0, 0.05) is 42.0 Å². The number of anilines is 4. The summed E-state index contributed by atoms with van der Waals surface area (Å²) in [6, 6.07) is 9.35. The van der Waals surface area contributed by atoms with E-state index in [0.717, 1.165) is 22.8 Å². The van der Waals surface area contributed by atoms with Gasteiger partial charge in [-0.2, -0.15) is 15.0 Å². The highest BCUT2D eigenvalue weighted by molar-refractivity contribution is 7.99. The number of rotatable bonds is 10. The van der Waals surface area contributed by atoms with Gasteiger partial charge < -0.3 is 15.5 Å². The van der Waals surface area contributed by atoms with E-state index in [1.54, 1.807) is 6.20 Å². The molecular weight excluding hydrogens is 426 g/mol. The Morgan fingerprint density at radius 1 is 1.00 bits per heavy atom. The lowest BCUT2D eigenvalue weighted by atomic mass is 10.3. The molecule has 0 aliphatic heterocycles. The number of aryl methyl sites for hydroxylation is 1. The van der Waals surface area contributed by atoms with E-state index in [1.807, 2.05) is 58.3 Å². The van der Waals surface area contributed by atoms with Crippen LogP contribution in [0.25, 0.3) is 0 Å². The summed E-state index contributed by atoms with van der Waals surface area (Å²) in [6.07, 6.45) is 2.11. The zero-order valence-corrected chi connectivity index (χ0v) is 19.4. The van der Waals surface area contributed by atoms with Gasteiger partial charge in [0.2, 0.25) is 23.8 Å². The van der Waals surface area contributed by atoms with E-state index in [-0.39, 0.29) is 5.91 Å². The van der Waals surface area contributed by atoms with Crippen molar-refractivity contribution in [1.82, 2.24) is 29.8 Å². The first kappa shape index (κ1) is 23.4. The van der Waals surface area contributed by atoms with E-state index in [0.29, 0.717) is 36.0 Å². The van der Waals surface area contributed by atoms with Crippen molar-refractivity contribution in [3.8, 4) is 0 Å². The predicted molar refractivity (Wildman–Crippen MR) is 126 cm³/mol. The van der Waals surface area contributed by atoms with E-state index in [1.165, 1.54) is 11.8 Å². The maximum absolute atomic E-state index is 11.6. The summed E-state index contributed by atoms with van der Waals surface area (Å²) < 4.78 is 0. The summed E-state index contributed by atoms with van der Waals surface area (Å²) in [5.74, 6) is 1.21. The van der Waals surface area contributed by atoms with Crippen LogP contribution >= 0.6 is 11.8 Å². The topological polar surface area (TPSA) is 121 Å². The molecule has 0 fully saturated rings. The van der Waals surface area contributed by atoms with Crippen LogP contribution in [0.2, 0.25) is 0 Å². The Labute approximate surface area is 191 Å². The highest BCUT2D eigenvalue weighted by atomic mass is 32.2. The number of nitrogens with zero attached hydrogens (tertiary/aromatic N) is 6. The molecule has 2 heterocycles. The third-order valence-electron chi connectivity index (χ3n) is 4.14. The molecule has 0 unspecified atom stereocenters. The zero-order chi connectivity index (χ0) is 22.9. The van der Waals surface area contributed by atoms with Crippen LogP contribution in [0.4, 0.5) is 23.5 Å². The summed E-state index contributed by atoms with van der Waals surface area (Å²) in [5.41, 5.74) is 1.59. The lowest BCUT2D eigenvalue weighted by molar-refractivity contribution is -0.115. The quantitative estimate of drug-likeness (QED) is 0.422. The number of benzene rings is 1. The fraction of sp³-hybridized carbons (Fsp3) is 0.333. The Kier molecular flexibility index (Phi) is 8.28. The third kappa shape index (κ3) is 7.43. The molecule has 3 N–H and O–H groups in total. The zero-order valence-electron chi connectivity index (χ0n) is 18.6. The lowest BCUT2D eigenvalue weighted by Crippen LogP contribution is -2.22. The van der Waals surface area contributed by atoms with Gasteiger partial charge in [0.15, 0.2) is 5.16 Å². The van der Waals surface area contributed by atoms with Gasteiger partial charge in [0.25, 0.3) is 0 Å². The molecule has 0 atom stereocenters. The molecule has 0 spiro atoms. The highest BCUT2D eigenvalue weighted by Gasteiger charge is 2.10. The van der Waals surface area contributed by atoms with E-state index in [2.05, 4.69) is 45.8 Å². The minimum absolute atomic E-state index is 0.0228. The minimum Gasteiger partial charge on any atom is -0.353 e. The van der Waals surface area contributed by atoms with Crippen molar-refractivity contribution in [2.24, 2.45) is 0 Å². The van der Waals surface area contributed by atoms with Crippen LogP contribution in [0.5, 0.6) is 0 Å². The second-order valence-corrected chi connectivity index (χ2v) is 8.21.